The first-order valence-corrected chi connectivity index (χ1v) is 14.6. The van der Waals surface area contributed by atoms with Crippen molar-refractivity contribution in [2.75, 3.05) is 24.3 Å². The quantitative estimate of drug-likeness (QED) is 0.157. The van der Waals surface area contributed by atoms with Crippen molar-refractivity contribution in [3.8, 4) is 10.4 Å². The second-order valence-corrected chi connectivity index (χ2v) is 11.0. The van der Waals surface area contributed by atoms with Crippen LogP contribution in [0.5, 0.6) is 0 Å². The van der Waals surface area contributed by atoms with Gasteiger partial charge in [-0.2, -0.15) is 0 Å². The topological polar surface area (TPSA) is 98.1 Å². The number of imidazole rings is 1. The predicted molar refractivity (Wildman–Crippen MR) is 171 cm³/mol. The first-order chi connectivity index (χ1) is 21.1. The Morgan fingerprint density at radius 1 is 0.930 bits per heavy atom. The van der Waals surface area contributed by atoms with Crippen LogP contribution in [0.1, 0.15) is 31.7 Å². The zero-order chi connectivity index (χ0) is 29.6. The van der Waals surface area contributed by atoms with Gasteiger partial charge < -0.3 is 14.6 Å². The van der Waals surface area contributed by atoms with Crippen LogP contribution in [0.2, 0.25) is 0 Å². The van der Waals surface area contributed by atoms with Gasteiger partial charge in [0.1, 0.15) is 6.10 Å². The van der Waals surface area contributed by atoms with Gasteiger partial charge in [0.15, 0.2) is 5.78 Å². The van der Waals surface area contributed by atoms with Crippen LogP contribution in [-0.2, 0) is 11.3 Å². The number of amides is 1. The predicted octanol–water partition coefficient (Wildman–Crippen LogP) is 7.09. The number of ether oxygens (including phenoxy) is 1. The second kappa shape index (κ2) is 12.8. The molecule has 6 rings (SSSR count). The first-order valence-electron chi connectivity index (χ1n) is 13.8. The van der Waals surface area contributed by atoms with E-state index in [1.807, 2.05) is 95.6 Å². The Labute approximate surface area is 253 Å². The highest BCUT2D eigenvalue weighted by Gasteiger charge is 2.20. The molecule has 9 heteroatoms. The molecule has 43 heavy (non-hydrogen) atoms. The number of anilines is 2. The van der Waals surface area contributed by atoms with E-state index in [2.05, 4.69) is 15.6 Å². The summed E-state index contributed by atoms with van der Waals surface area (Å²) < 4.78 is 7.83. The van der Waals surface area contributed by atoms with Crippen LogP contribution in [-0.4, -0.2) is 39.9 Å². The maximum Gasteiger partial charge on any atom is 0.268 e. The molecule has 0 spiro atoms. The first kappa shape index (κ1) is 28.0. The lowest BCUT2D eigenvalue weighted by molar-refractivity contribution is 0.0890. The molecular formula is C34H29N5O3S. The van der Waals surface area contributed by atoms with Crippen LogP contribution in [0.15, 0.2) is 116 Å². The highest BCUT2D eigenvalue weighted by Crippen LogP contribution is 2.30. The van der Waals surface area contributed by atoms with Gasteiger partial charge in [-0.05, 0) is 42.0 Å². The maximum absolute atomic E-state index is 13.4. The Balaban J connectivity index is 1.29. The molecule has 3 aromatic carbocycles. The summed E-state index contributed by atoms with van der Waals surface area (Å²) in [5.41, 5.74) is 4.88. The van der Waals surface area contributed by atoms with Crippen molar-refractivity contribution in [2.45, 2.75) is 12.6 Å². The molecule has 0 bridgehead atoms. The van der Waals surface area contributed by atoms with Crippen molar-refractivity contribution < 1.29 is 14.3 Å². The molecule has 1 atom stereocenters. The third-order valence-corrected chi connectivity index (χ3v) is 8.24. The number of hydrogen-bond acceptors (Lipinski definition) is 7. The Morgan fingerprint density at radius 3 is 2.47 bits per heavy atom. The largest absolute Gasteiger partial charge is 0.378 e. The number of aromatic nitrogens is 3. The Bertz CT molecular complexity index is 1850. The van der Waals surface area contributed by atoms with Crippen LogP contribution < -0.4 is 10.6 Å². The Morgan fingerprint density at radius 2 is 1.72 bits per heavy atom. The summed E-state index contributed by atoms with van der Waals surface area (Å²) in [7, 11) is 1.67. The monoisotopic (exact) mass is 587 g/mol. The van der Waals surface area contributed by atoms with Crippen molar-refractivity contribution in [2.24, 2.45) is 0 Å². The number of thiophene rings is 1. The van der Waals surface area contributed by atoms with E-state index < -0.39 is 0 Å². The summed E-state index contributed by atoms with van der Waals surface area (Å²) >= 11 is 1.40. The zero-order valence-electron chi connectivity index (χ0n) is 23.4. The number of rotatable bonds is 11. The minimum atomic E-state index is -0.269. The minimum Gasteiger partial charge on any atom is -0.378 e. The van der Waals surface area contributed by atoms with E-state index in [9.17, 15) is 9.59 Å². The zero-order valence-corrected chi connectivity index (χ0v) is 24.3. The average molecular weight is 588 g/mol. The fourth-order valence-corrected chi connectivity index (χ4v) is 5.76. The van der Waals surface area contributed by atoms with Crippen molar-refractivity contribution >= 4 is 45.7 Å². The van der Waals surface area contributed by atoms with Crippen molar-refractivity contribution in [3.05, 3.63) is 132 Å². The van der Waals surface area contributed by atoms with Gasteiger partial charge in [0, 0.05) is 41.2 Å². The van der Waals surface area contributed by atoms with Gasteiger partial charge in [-0.25, -0.2) is 4.98 Å². The van der Waals surface area contributed by atoms with Crippen LogP contribution in [0, 0.1) is 0 Å². The summed E-state index contributed by atoms with van der Waals surface area (Å²) in [5.74, 6) is 0.149. The van der Waals surface area contributed by atoms with Crippen LogP contribution in [0.3, 0.4) is 0 Å². The van der Waals surface area contributed by atoms with Gasteiger partial charge in [0.05, 0.1) is 29.0 Å². The minimum absolute atomic E-state index is 0.00780. The lowest BCUT2D eigenvalue weighted by Crippen LogP contribution is -2.18. The number of methoxy groups -OCH3 is 1. The highest BCUT2D eigenvalue weighted by atomic mass is 32.1. The third kappa shape index (κ3) is 6.38. The van der Waals surface area contributed by atoms with Crippen LogP contribution in [0.25, 0.3) is 21.5 Å². The van der Waals surface area contributed by atoms with E-state index in [0.717, 1.165) is 27.2 Å². The van der Waals surface area contributed by atoms with Crippen molar-refractivity contribution in [1.29, 1.82) is 0 Å². The number of fused-ring (bicyclic) bond motifs is 1. The lowest BCUT2D eigenvalue weighted by atomic mass is 10.1. The normalized spacial score (nSPS) is 11.7. The molecule has 0 saturated carbocycles. The maximum atomic E-state index is 13.4. The molecule has 8 nitrogen and oxygen atoms in total. The fraction of sp³-hybridized carbons (Fsp3) is 0.118. The number of benzene rings is 3. The fourth-order valence-electron chi connectivity index (χ4n) is 4.86. The standard InChI is InChI=1S/C34H29N5O3S/c1-42-30(24-11-6-3-7-12-24)22-39-28-15-14-26(36-21-29(40)23-9-4-2-5-10-23)19-27(28)37-34(39)38-33(41)32-17-16-31(43-32)25-13-8-18-35-20-25/h2-20,30,36H,21-22H2,1H3,(H,37,38,41)/t30-/m0/s1. The summed E-state index contributed by atoms with van der Waals surface area (Å²) in [5, 5.41) is 6.24. The smallest absolute Gasteiger partial charge is 0.268 e. The molecule has 0 aliphatic heterocycles. The molecule has 3 aromatic heterocycles. The SMILES string of the molecule is CO[C@@H](Cn1c(NC(=O)c2ccc(-c3cccnc3)s2)nc2cc(NCC(=O)c3ccccc3)ccc21)c1ccccc1. The molecular weight excluding hydrogens is 558 g/mol. The molecule has 0 aliphatic carbocycles. The second-order valence-electron chi connectivity index (χ2n) is 9.89. The van der Waals surface area contributed by atoms with Gasteiger partial charge in [0.2, 0.25) is 5.95 Å². The summed E-state index contributed by atoms with van der Waals surface area (Å²) in [6, 6.07) is 32.4. The van der Waals surface area contributed by atoms with E-state index in [-0.39, 0.29) is 24.3 Å². The van der Waals surface area contributed by atoms with Gasteiger partial charge in [-0.3, -0.25) is 19.9 Å². The Hall–Kier alpha value is -5.12. The number of nitrogens with zero attached hydrogens (tertiary/aromatic N) is 3. The summed E-state index contributed by atoms with van der Waals surface area (Å²) in [6.07, 6.45) is 3.23. The summed E-state index contributed by atoms with van der Waals surface area (Å²) in [6.45, 7) is 0.578. The number of carbonyl (C=O) groups excluding carboxylic acids is 2. The molecule has 0 radical (unpaired) electrons. The van der Waals surface area contributed by atoms with E-state index in [1.54, 1.807) is 31.6 Å². The van der Waals surface area contributed by atoms with E-state index in [1.165, 1.54) is 11.3 Å². The number of hydrogen-bond donors (Lipinski definition) is 2. The third-order valence-electron chi connectivity index (χ3n) is 7.10. The van der Waals surface area contributed by atoms with Crippen LogP contribution in [0.4, 0.5) is 11.6 Å². The molecule has 3 heterocycles. The number of carbonyl (C=O) groups is 2. The number of nitrogens with one attached hydrogen (secondary N) is 2. The Kier molecular flexibility index (Phi) is 8.35. The molecule has 0 fully saturated rings. The lowest BCUT2D eigenvalue weighted by Gasteiger charge is -2.19. The van der Waals surface area contributed by atoms with Crippen molar-refractivity contribution in [3.63, 3.8) is 0 Å². The molecule has 1 amide bonds. The molecule has 0 saturated heterocycles. The molecule has 2 N–H and O–H groups in total. The average Bonchev–Trinajstić information content (AvgIpc) is 3.69. The number of ketones is 1. The van der Waals surface area contributed by atoms with Gasteiger partial charge in [-0.1, -0.05) is 66.7 Å². The number of pyridine rings is 1. The van der Waals surface area contributed by atoms with Gasteiger partial charge in [-0.15, -0.1) is 11.3 Å². The molecule has 214 valence electrons. The van der Waals surface area contributed by atoms with E-state index in [0.29, 0.717) is 28.5 Å². The van der Waals surface area contributed by atoms with Crippen molar-refractivity contribution in [1.82, 2.24) is 14.5 Å². The molecule has 0 unspecified atom stereocenters. The molecule has 0 aliphatic rings. The van der Waals surface area contributed by atoms with Gasteiger partial charge in [0.25, 0.3) is 5.91 Å². The summed E-state index contributed by atoms with van der Waals surface area (Å²) in [4.78, 5) is 36.6. The van der Waals surface area contributed by atoms with E-state index >= 15 is 0 Å². The van der Waals surface area contributed by atoms with Crippen LogP contribution >= 0.6 is 11.3 Å². The van der Waals surface area contributed by atoms with Gasteiger partial charge >= 0.3 is 0 Å². The van der Waals surface area contributed by atoms with E-state index in [4.69, 9.17) is 9.72 Å². The number of Topliss-reactive ketones (excluding diaryl/α,β-unsaturated/α-hetero) is 1. The molecule has 6 aromatic rings. The highest BCUT2D eigenvalue weighted by molar-refractivity contribution is 7.17.